The SMILES string of the molecule is Cc1cc(C)cc(OC(C)C(=O)NCc2ccc(CN3CCOCC3)cc2)c1. The van der Waals surface area contributed by atoms with Gasteiger partial charge in [0.05, 0.1) is 13.2 Å². The van der Waals surface area contributed by atoms with Crippen LogP contribution in [0.25, 0.3) is 0 Å². The fourth-order valence-corrected chi connectivity index (χ4v) is 3.37. The minimum Gasteiger partial charge on any atom is -0.481 e. The Kier molecular flexibility index (Phi) is 7.06. The lowest BCUT2D eigenvalue weighted by molar-refractivity contribution is -0.127. The third-order valence-corrected chi connectivity index (χ3v) is 4.88. The molecule has 1 aliphatic heterocycles. The van der Waals surface area contributed by atoms with E-state index in [1.54, 1.807) is 6.92 Å². The summed E-state index contributed by atoms with van der Waals surface area (Å²) >= 11 is 0. The molecule has 1 aliphatic rings. The summed E-state index contributed by atoms with van der Waals surface area (Å²) in [4.78, 5) is 14.8. The second kappa shape index (κ2) is 9.71. The number of hydrogen-bond donors (Lipinski definition) is 1. The zero-order valence-corrected chi connectivity index (χ0v) is 17.0. The first kappa shape index (κ1) is 20.4. The van der Waals surface area contributed by atoms with E-state index in [4.69, 9.17) is 9.47 Å². The number of carbonyl (C=O) groups excluding carboxylic acids is 1. The van der Waals surface area contributed by atoms with Crippen LogP contribution in [0, 0.1) is 13.8 Å². The molecular weight excluding hydrogens is 352 g/mol. The summed E-state index contributed by atoms with van der Waals surface area (Å²) in [6, 6.07) is 14.4. The van der Waals surface area contributed by atoms with Crippen molar-refractivity contribution in [2.24, 2.45) is 0 Å². The summed E-state index contributed by atoms with van der Waals surface area (Å²) < 4.78 is 11.2. The third kappa shape index (κ3) is 6.08. The number of aryl methyl sites for hydroxylation is 2. The molecule has 2 aromatic rings. The molecule has 0 saturated carbocycles. The van der Waals surface area contributed by atoms with Crippen LogP contribution in [0.5, 0.6) is 5.75 Å². The molecule has 1 unspecified atom stereocenters. The molecule has 1 heterocycles. The van der Waals surface area contributed by atoms with Crippen LogP contribution in [-0.2, 0) is 22.6 Å². The molecule has 0 aromatic heterocycles. The largest absolute Gasteiger partial charge is 0.481 e. The average molecular weight is 383 g/mol. The van der Waals surface area contributed by atoms with E-state index in [1.807, 2.05) is 26.0 Å². The highest BCUT2D eigenvalue weighted by molar-refractivity contribution is 5.80. The highest BCUT2D eigenvalue weighted by Gasteiger charge is 2.15. The molecular formula is C23H30N2O3. The zero-order valence-electron chi connectivity index (χ0n) is 17.0. The fourth-order valence-electron chi connectivity index (χ4n) is 3.37. The van der Waals surface area contributed by atoms with Crippen molar-refractivity contribution in [3.8, 4) is 5.75 Å². The van der Waals surface area contributed by atoms with E-state index >= 15 is 0 Å². The molecule has 0 aliphatic carbocycles. The molecule has 3 rings (SSSR count). The van der Waals surface area contributed by atoms with E-state index in [-0.39, 0.29) is 5.91 Å². The standard InChI is InChI=1S/C23H30N2O3/c1-17-12-18(2)14-22(13-17)28-19(3)23(26)24-15-20-4-6-21(7-5-20)16-25-8-10-27-11-9-25/h4-7,12-14,19H,8-11,15-16H2,1-3H3,(H,24,26). The van der Waals surface area contributed by atoms with Crippen LogP contribution in [0.3, 0.4) is 0 Å². The van der Waals surface area contributed by atoms with E-state index in [9.17, 15) is 4.79 Å². The molecule has 1 fully saturated rings. The summed E-state index contributed by atoms with van der Waals surface area (Å²) in [5.41, 5.74) is 4.61. The van der Waals surface area contributed by atoms with Gasteiger partial charge in [0.1, 0.15) is 5.75 Å². The van der Waals surface area contributed by atoms with Gasteiger partial charge in [0, 0.05) is 26.2 Å². The van der Waals surface area contributed by atoms with Crippen LogP contribution in [0.15, 0.2) is 42.5 Å². The minimum absolute atomic E-state index is 0.114. The van der Waals surface area contributed by atoms with Gasteiger partial charge >= 0.3 is 0 Å². The number of ether oxygens (including phenoxy) is 2. The first-order valence-electron chi connectivity index (χ1n) is 9.90. The molecule has 1 N–H and O–H groups in total. The van der Waals surface area contributed by atoms with Crippen molar-refractivity contribution in [1.29, 1.82) is 0 Å². The number of morpholine rings is 1. The van der Waals surface area contributed by atoms with E-state index < -0.39 is 6.10 Å². The molecule has 2 aromatic carbocycles. The van der Waals surface area contributed by atoms with Crippen LogP contribution in [0.1, 0.15) is 29.2 Å². The van der Waals surface area contributed by atoms with E-state index in [1.165, 1.54) is 5.56 Å². The van der Waals surface area contributed by atoms with Crippen molar-refractivity contribution in [2.75, 3.05) is 26.3 Å². The van der Waals surface area contributed by atoms with Gasteiger partial charge in [0.2, 0.25) is 0 Å². The Morgan fingerprint density at radius 1 is 1.07 bits per heavy atom. The van der Waals surface area contributed by atoms with Gasteiger partial charge in [-0.3, -0.25) is 9.69 Å². The number of rotatable bonds is 7. The van der Waals surface area contributed by atoms with Crippen molar-refractivity contribution < 1.29 is 14.3 Å². The summed E-state index contributed by atoms with van der Waals surface area (Å²) in [6.45, 7) is 10.8. The Morgan fingerprint density at radius 3 is 2.32 bits per heavy atom. The van der Waals surface area contributed by atoms with Gasteiger partial charge in [-0.1, -0.05) is 30.3 Å². The predicted molar refractivity (Wildman–Crippen MR) is 110 cm³/mol. The van der Waals surface area contributed by atoms with Crippen molar-refractivity contribution in [2.45, 2.75) is 40.0 Å². The first-order chi connectivity index (χ1) is 13.5. The third-order valence-electron chi connectivity index (χ3n) is 4.88. The fraction of sp³-hybridized carbons (Fsp3) is 0.435. The minimum atomic E-state index is -0.540. The summed E-state index contributed by atoms with van der Waals surface area (Å²) in [7, 11) is 0. The maximum absolute atomic E-state index is 12.4. The van der Waals surface area contributed by atoms with Crippen molar-refractivity contribution >= 4 is 5.91 Å². The van der Waals surface area contributed by atoms with Gasteiger partial charge in [-0.2, -0.15) is 0 Å². The number of nitrogens with zero attached hydrogens (tertiary/aromatic N) is 1. The lowest BCUT2D eigenvalue weighted by Gasteiger charge is -2.26. The van der Waals surface area contributed by atoms with E-state index in [2.05, 4.69) is 40.5 Å². The normalized spacial score (nSPS) is 15.8. The number of carbonyl (C=O) groups is 1. The van der Waals surface area contributed by atoms with Gasteiger partial charge < -0.3 is 14.8 Å². The van der Waals surface area contributed by atoms with Gasteiger partial charge in [0.15, 0.2) is 6.10 Å². The quantitative estimate of drug-likeness (QED) is 0.799. The molecule has 150 valence electrons. The molecule has 1 atom stereocenters. The topological polar surface area (TPSA) is 50.8 Å². The van der Waals surface area contributed by atoms with Crippen LogP contribution in [0.2, 0.25) is 0 Å². The number of hydrogen-bond acceptors (Lipinski definition) is 4. The number of nitrogens with one attached hydrogen (secondary N) is 1. The molecule has 0 bridgehead atoms. The second-order valence-corrected chi connectivity index (χ2v) is 7.51. The molecule has 1 saturated heterocycles. The Bertz CT molecular complexity index is 763. The van der Waals surface area contributed by atoms with Gasteiger partial charge in [-0.15, -0.1) is 0 Å². The summed E-state index contributed by atoms with van der Waals surface area (Å²) in [5.74, 6) is 0.615. The van der Waals surface area contributed by atoms with Crippen LogP contribution < -0.4 is 10.1 Å². The first-order valence-corrected chi connectivity index (χ1v) is 9.90. The zero-order chi connectivity index (χ0) is 19.9. The van der Waals surface area contributed by atoms with Crippen LogP contribution >= 0.6 is 0 Å². The number of amides is 1. The predicted octanol–water partition coefficient (Wildman–Crippen LogP) is 3.22. The highest BCUT2D eigenvalue weighted by atomic mass is 16.5. The molecule has 0 radical (unpaired) electrons. The van der Waals surface area contributed by atoms with Crippen molar-refractivity contribution in [3.05, 3.63) is 64.7 Å². The molecule has 1 amide bonds. The molecule has 28 heavy (non-hydrogen) atoms. The van der Waals surface area contributed by atoms with E-state index in [0.29, 0.717) is 6.54 Å². The average Bonchev–Trinajstić information content (AvgIpc) is 2.67. The summed E-state index contributed by atoms with van der Waals surface area (Å²) in [5, 5.41) is 2.96. The molecule has 5 nitrogen and oxygen atoms in total. The highest BCUT2D eigenvalue weighted by Crippen LogP contribution is 2.17. The lowest BCUT2D eigenvalue weighted by atomic mass is 10.1. The smallest absolute Gasteiger partial charge is 0.261 e. The van der Waals surface area contributed by atoms with Gasteiger partial charge in [-0.05, 0) is 55.2 Å². The monoisotopic (exact) mass is 382 g/mol. The Balaban J connectivity index is 1.46. The Morgan fingerprint density at radius 2 is 1.68 bits per heavy atom. The lowest BCUT2D eigenvalue weighted by Crippen LogP contribution is -2.36. The molecule has 5 heteroatoms. The number of benzene rings is 2. The summed E-state index contributed by atoms with van der Waals surface area (Å²) in [6.07, 6.45) is -0.540. The maximum atomic E-state index is 12.4. The van der Waals surface area contributed by atoms with Crippen molar-refractivity contribution in [1.82, 2.24) is 10.2 Å². The van der Waals surface area contributed by atoms with Crippen LogP contribution in [-0.4, -0.2) is 43.2 Å². The van der Waals surface area contributed by atoms with Crippen LogP contribution in [0.4, 0.5) is 0 Å². The Hall–Kier alpha value is -2.37. The second-order valence-electron chi connectivity index (χ2n) is 7.51. The van der Waals surface area contributed by atoms with Gasteiger partial charge in [-0.25, -0.2) is 0 Å². The molecule has 0 spiro atoms. The van der Waals surface area contributed by atoms with Crippen molar-refractivity contribution in [3.63, 3.8) is 0 Å². The Labute approximate surface area is 167 Å². The maximum Gasteiger partial charge on any atom is 0.261 e. The van der Waals surface area contributed by atoms with Gasteiger partial charge in [0.25, 0.3) is 5.91 Å². The van der Waals surface area contributed by atoms with E-state index in [0.717, 1.165) is 55.3 Å².